The number of halogens is 5. The first kappa shape index (κ1) is 16.7. The van der Waals surface area contributed by atoms with Gasteiger partial charge in [-0.3, -0.25) is 4.79 Å². The number of amides is 1. The minimum absolute atomic E-state index is 0.0124. The summed E-state index contributed by atoms with van der Waals surface area (Å²) >= 11 is 13.7. The number of alkyl halides is 2. The van der Waals surface area contributed by atoms with Crippen molar-refractivity contribution in [1.29, 1.82) is 0 Å². The molecule has 0 spiro atoms. The van der Waals surface area contributed by atoms with Crippen LogP contribution in [0, 0.1) is 0 Å². The molecule has 0 saturated carbocycles. The summed E-state index contributed by atoms with van der Waals surface area (Å²) in [5, 5.41) is 2.61. The van der Waals surface area contributed by atoms with E-state index in [1.807, 2.05) is 0 Å². The maximum atomic E-state index is 12.1. The van der Waals surface area contributed by atoms with Gasteiger partial charge in [0.2, 0.25) is 0 Å². The highest BCUT2D eigenvalue weighted by Crippen LogP contribution is 2.33. The summed E-state index contributed by atoms with van der Waals surface area (Å²) in [6.07, 6.45) is 0. The van der Waals surface area contributed by atoms with Crippen molar-refractivity contribution in [2.75, 3.05) is 5.32 Å². The Morgan fingerprint density at radius 1 is 1.33 bits per heavy atom. The predicted octanol–water partition coefficient (Wildman–Crippen LogP) is 5.78. The van der Waals surface area contributed by atoms with Crippen LogP contribution in [0.25, 0.3) is 0 Å². The summed E-state index contributed by atoms with van der Waals surface area (Å²) < 4.78 is 30.0. The van der Waals surface area contributed by atoms with E-state index in [2.05, 4.69) is 41.9 Å². The molecule has 0 fully saturated rings. The third-order valence-electron chi connectivity index (χ3n) is 2.27. The molecule has 0 unspecified atom stereocenters. The van der Waals surface area contributed by atoms with E-state index < -0.39 is 6.61 Å². The second kappa shape index (κ2) is 7.04. The third-order valence-corrected chi connectivity index (χ3v) is 5.83. The number of hydrogen-bond acceptors (Lipinski definition) is 3. The quantitative estimate of drug-likeness (QED) is 0.627. The minimum Gasteiger partial charge on any atom is -0.433 e. The van der Waals surface area contributed by atoms with Gasteiger partial charge >= 0.3 is 6.61 Å². The van der Waals surface area contributed by atoms with Crippen LogP contribution in [-0.4, -0.2) is 12.5 Å². The van der Waals surface area contributed by atoms with E-state index in [1.54, 1.807) is 6.07 Å². The Bertz CT molecular complexity index is 662. The number of hydrogen-bond donors (Lipinski definition) is 1. The smallest absolute Gasteiger partial charge is 0.387 e. The zero-order valence-corrected chi connectivity index (χ0v) is 14.7. The van der Waals surface area contributed by atoms with Crippen LogP contribution in [0.5, 0.6) is 5.75 Å². The van der Waals surface area contributed by atoms with Gasteiger partial charge < -0.3 is 10.1 Å². The van der Waals surface area contributed by atoms with Gasteiger partial charge in [0, 0.05) is 10.2 Å². The van der Waals surface area contributed by atoms with Crippen LogP contribution in [0.15, 0.2) is 32.5 Å². The molecule has 112 valence electrons. The second-order valence-electron chi connectivity index (χ2n) is 3.71. The van der Waals surface area contributed by atoms with Crippen molar-refractivity contribution in [1.82, 2.24) is 0 Å². The normalized spacial score (nSPS) is 10.8. The topological polar surface area (TPSA) is 38.3 Å². The average Bonchev–Trinajstić information content (AvgIpc) is 2.73. The molecule has 0 bridgehead atoms. The molecular formula is C12H6Br2ClF2NO2S. The lowest BCUT2D eigenvalue weighted by atomic mass is 10.3. The molecule has 0 atom stereocenters. The molecule has 0 aliphatic heterocycles. The fourth-order valence-corrected chi connectivity index (χ4v) is 3.58. The van der Waals surface area contributed by atoms with Crippen LogP contribution in [-0.2, 0) is 0 Å². The van der Waals surface area contributed by atoms with E-state index in [9.17, 15) is 13.6 Å². The van der Waals surface area contributed by atoms with E-state index in [4.69, 9.17) is 11.6 Å². The average molecular weight is 462 g/mol. The summed E-state index contributed by atoms with van der Waals surface area (Å²) in [7, 11) is 0. The summed E-state index contributed by atoms with van der Waals surface area (Å²) in [5.41, 5.74) is 0.382. The van der Waals surface area contributed by atoms with Crippen molar-refractivity contribution in [3.05, 3.63) is 42.4 Å². The first-order valence-corrected chi connectivity index (χ1v) is 8.15. The lowest BCUT2D eigenvalue weighted by Gasteiger charge is -2.09. The molecule has 0 radical (unpaired) electrons. The van der Waals surface area contributed by atoms with Crippen LogP contribution in [0.4, 0.5) is 14.5 Å². The van der Waals surface area contributed by atoms with Gasteiger partial charge in [0.25, 0.3) is 5.91 Å². The number of carbonyl (C=O) groups excluding carboxylic acids is 1. The molecule has 2 rings (SSSR count). The van der Waals surface area contributed by atoms with Crippen LogP contribution >= 0.6 is 54.8 Å². The van der Waals surface area contributed by atoms with Gasteiger partial charge in [-0.2, -0.15) is 8.78 Å². The maximum absolute atomic E-state index is 12.1. The van der Waals surface area contributed by atoms with Gasteiger partial charge in [-0.25, -0.2) is 0 Å². The zero-order valence-electron chi connectivity index (χ0n) is 10.0. The molecule has 0 saturated heterocycles. The Morgan fingerprint density at radius 2 is 2.05 bits per heavy atom. The van der Waals surface area contributed by atoms with Crippen LogP contribution in [0.2, 0.25) is 5.02 Å². The number of rotatable bonds is 4. The molecule has 1 aromatic carbocycles. The van der Waals surface area contributed by atoms with Gasteiger partial charge in [-0.1, -0.05) is 11.6 Å². The lowest BCUT2D eigenvalue weighted by Crippen LogP contribution is -2.10. The Hall–Kier alpha value is -0.700. The summed E-state index contributed by atoms with van der Waals surface area (Å²) in [6, 6.07) is 5.71. The van der Waals surface area contributed by atoms with Gasteiger partial charge in [-0.15, -0.1) is 11.3 Å². The van der Waals surface area contributed by atoms with Crippen LogP contribution in [0.3, 0.4) is 0 Å². The molecule has 1 N–H and O–H groups in total. The second-order valence-corrected chi connectivity index (χ2v) is 7.34. The molecule has 1 heterocycles. The third kappa shape index (κ3) is 4.38. The number of thiophene rings is 1. The molecular weight excluding hydrogens is 455 g/mol. The molecule has 9 heteroatoms. The highest BCUT2D eigenvalue weighted by Gasteiger charge is 2.14. The Balaban J connectivity index is 2.12. The van der Waals surface area contributed by atoms with Crippen LogP contribution in [0.1, 0.15) is 9.67 Å². The van der Waals surface area contributed by atoms with Crippen molar-refractivity contribution in [3.63, 3.8) is 0 Å². The summed E-state index contributed by atoms with van der Waals surface area (Å²) in [6.45, 7) is -2.95. The highest BCUT2D eigenvalue weighted by atomic mass is 79.9. The van der Waals surface area contributed by atoms with Gasteiger partial charge in [0.1, 0.15) is 5.75 Å². The van der Waals surface area contributed by atoms with Gasteiger partial charge in [0.05, 0.1) is 13.7 Å². The molecule has 21 heavy (non-hydrogen) atoms. The standard InChI is InChI=1S/C12H6Br2ClF2NO2S/c13-6-4-9(21-10(6)14)11(19)18-5-1-2-8(7(15)3-5)20-12(16)17/h1-4,12H,(H,18,19). The minimum atomic E-state index is -2.95. The molecule has 2 aromatic rings. The predicted molar refractivity (Wildman–Crippen MR) is 85.8 cm³/mol. The highest BCUT2D eigenvalue weighted by molar-refractivity contribution is 9.13. The van der Waals surface area contributed by atoms with Crippen LogP contribution < -0.4 is 10.1 Å². The largest absolute Gasteiger partial charge is 0.433 e. The number of carbonyl (C=O) groups is 1. The first-order valence-electron chi connectivity index (χ1n) is 5.37. The van der Waals surface area contributed by atoms with E-state index in [-0.39, 0.29) is 16.7 Å². The monoisotopic (exact) mass is 459 g/mol. The fraction of sp³-hybridized carbons (Fsp3) is 0.0833. The Kier molecular flexibility index (Phi) is 5.59. The van der Waals surface area contributed by atoms with Crippen molar-refractivity contribution in [2.45, 2.75) is 6.61 Å². The molecule has 0 aliphatic rings. The summed E-state index contributed by atoms with van der Waals surface area (Å²) in [4.78, 5) is 12.5. The maximum Gasteiger partial charge on any atom is 0.387 e. The number of nitrogens with one attached hydrogen (secondary N) is 1. The van der Waals surface area contributed by atoms with E-state index >= 15 is 0 Å². The summed E-state index contributed by atoms with van der Waals surface area (Å²) in [5.74, 6) is -0.476. The van der Waals surface area contributed by atoms with E-state index in [1.165, 1.54) is 29.5 Å². The fourth-order valence-electron chi connectivity index (χ4n) is 1.42. The van der Waals surface area contributed by atoms with Gasteiger partial charge in [-0.05, 0) is 56.1 Å². The Labute approximate surface area is 144 Å². The molecule has 0 aliphatic carbocycles. The van der Waals surface area contributed by atoms with Crippen molar-refractivity contribution in [2.24, 2.45) is 0 Å². The number of ether oxygens (including phenoxy) is 1. The zero-order chi connectivity index (χ0) is 15.6. The molecule has 1 amide bonds. The van der Waals surface area contributed by atoms with Gasteiger partial charge in [0.15, 0.2) is 0 Å². The van der Waals surface area contributed by atoms with E-state index in [0.29, 0.717) is 10.6 Å². The van der Waals surface area contributed by atoms with Crippen molar-refractivity contribution >= 4 is 66.4 Å². The molecule has 3 nitrogen and oxygen atoms in total. The lowest BCUT2D eigenvalue weighted by molar-refractivity contribution is -0.0497. The van der Waals surface area contributed by atoms with Crippen molar-refractivity contribution in [3.8, 4) is 5.75 Å². The van der Waals surface area contributed by atoms with Crippen molar-refractivity contribution < 1.29 is 18.3 Å². The first-order chi connectivity index (χ1) is 9.86. The SMILES string of the molecule is O=C(Nc1ccc(OC(F)F)c(Cl)c1)c1cc(Br)c(Br)s1. The Morgan fingerprint density at radius 3 is 2.57 bits per heavy atom. The molecule has 1 aromatic heterocycles. The number of anilines is 1. The van der Waals surface area contributed by atoms with E-state index in [0.717, 1.165) is 8.26 Å². The number of benzene rings is 1.